The summed E-state index contributed by atoms with van der Waals surface area (Å²) in [5, 5.41) is 15.2. The zero-order valence-corrected chi connectivity index (χ0v) is 11.1. The lowest BCUT2D eigenvalue weighted by atomic mass is 10.0. The van der Waals surface area contributed by atoms with Crippen LogP contribution < -0.4 is 4.72 Å². The van der Waals surface area contributed by atoms with E-state index in [1.807, 2.05) is 13.8 Å². The van der Waals surface area contributed by atoms with Crippen molar-refractivity contribution < 1.29 is 13.5 Å². The van der Waals surface area contributed by atoms with Crippen LogP contribution in [0.4, 0.5) is 0 Å². The Hall–Kier alpha value is -0.920. The lowest BCUT2D eigenvalue weighted by Gasteiger charge is -2.21. The predicted octanol–water partition coefficient (Wildman–Crippen LogP) is 0.403. The third kappa shape index (κ3) is 3.52. The fourth-order valence-electron chi connectivity index (χ4n) is 1.54. The highest BCUT2D eigenvalue weighted by Crippen LogP contribution is 2.14. The van der Waals surface area contributed by atoms with E-state index >= 15 is 0 Å². The minimum absolute atomic E-state index is 0.0459. The van der Waals surface area contributed by atoms with Gasteiger partial charge in [-0.15, -0.1) is 0 Å². The van der Waals surface area contributed by atoms with Crippen molar-refractivity contribution >= 4 is 10.0 Å². The molecule has 0 aromatic carbocycles. The van der Waals surface area contributed by atoms with Crippen LogP contribution in [0.25, 0.3) is 0 Å². The van der Waals surface area contributed by atoms with Gasteiger partial charge in [-0.2, -0.15) is 5.10 Å². The van der Waals surface area contributed by atoms with Crippen molar-refractivity contribution in [2.45, 2.75) is 38.1 Å². The van der Waals surface area contributed by atoms with Crippen LogP contribution in [-0.4, -0.2) is 36.4 Å². The zero-order chi connectivity index (χ0) is 13.1. The highest BCUT2D eigenvalue weighted by molar-refractivity contribution is 7.89. The summed E-state index contributed by atoms with van der Waals surface area (Å²) < 4.78 is 26.7. The van der Waals surface area contributed by atoms with Crippen LogP contribution in [-0.2, 0) is 10.0 Å². The van der Waals surface area contributed by atoms with E-state index in [0.29, 0.717) is 12.1 Å². The molecule has 0 bridgehead atoms. The normalized spacial score (nSPS) is 14.2. The Balaban J connectivity index is 2.89. The molecule has 0 aliphatic carbocycles. The molecule has 1 rings (SSSR count). The molecule has 7 heteroatoms. The van der Waals surface area contributed by atoms with Crippen molar-refractivity contribution in [1.82, 2.24) is 14.9 Å². The molecule has 1 heterocycles. The third-order valence-corrected chi connectivity index (χ3v) is 4.23. The fraction of sp³-hybridized carbons (Fsp3) is 0.700. The van der Waals surface area contributed by atoms with Gasteiger partial charge in [0.1, 0.15) is 4.90 Å². The van der Waals surface area contributed by atoms with Crippen molar-refractivity contribution in [2.24, 2.45) is 5.92 Å². The summed E-state index contributed by atoms with van der Waals surface area (Å²) >= 11 is 0. The van der Waals surface area contributed by atoms with Gasteiger partial charge in [-0.3, -0.25) is 5.10 Å². The number of aliphatic hydroxyl groups is 1. The van der Waals surface area contributed by atoms with Crippen LogP contribution >= 0.6 is 0 Å². The number of nitrogens with one attached hydrogen (secondary N) is 2. The summed E-state index contributed by atoms with van der Waals surface area (Å²) in [6.07, 6.45) is 1.68. The molecule has 0 aliphatic heterocycles. The first-order chi connectivity index (χ1) is 7.88. The van der Waals surface area contributed by atoms with Crippen molar-refractivity contribution in [1.29, 1.82) is 0 Å². The molecule has 0 amide bonds. The molecule has 6 nitrogen and oxygen atoms in total. The van der Waals surface area contributed by atoms with Crippen LogP contribution in [0.2, 0.25) is 0 Å². The van der Waals surface area contributed by atoms with Crippen molar-refractivity contribution in [3.05, 3.63) is 11.9 Å². The minimum Gasteiger partial charge on any atom is -0.396 e. The van der Waals surface area contributed by atoms with Crippen molar-refractivity contribution in [3.63, 3.8) is 0 Å². The maximum absolute atomic E-state index is 12.1. The van der Waals surface area contributed by atoms with Gasteiger partial charge in [0.25, 0.3) is 0 Å². The largest absolute Gasteiger partial charge is 0.396 e. The zero-order valence-electron chi connectivity index (χ0n) is 10.3. The number of H-pyrrole nitrogens is 1. The van der Waals surface area contributed by atoms with Gasteiger partial charge in [0.05, 0.1) is 11.9 Å². The third-order valence-electron chi connectivity index (χ3n) is 2.62. The standard InChI is InChI=1S/C10H19N3O3S/c1-7(2)9(4-5-14)13-17(15,16)10-6-11-12-8(10)3/h6-7,9,13-14H,4-5H2,1-3H3,(H,11,12). The number of aryl methyl sites for hydroxylation is 1. The lowest BCUT2D eigenvalue weighted by molar-refractivity contribution is 0.256. The summed E-state index contributed by atoms with van der Waals surface area (Å²) in [7, 11) is -3.57. The number of hydrogen-bond acceptors (Lipinski definition) is 4. The first kappa shape index (κ1) is 14.1. The first-order valence-electron chi connectivity index (χ1n) is 5.51. The van der Waals surface area contributed by atoms with Gasteiger partial charge in [-0.05, 0) is 19.3 Å². The van der Waals surface area contributed by atoms with E-state index in [0.717, 1.165) is 0 Å². The van der Waals surface area contributed by atoms with E-state index < -0.39 is 10.0 Å². The Bertz CT molecular complexity index is 453. The van der Waals surface area contributed by atoms with Crippen LogP contribution in [0.5, 0.6) is 0 Å². The number of aromatic nitrogens is 2. The molecule has 1 unspecified atom stereocenters. The molecule has 1 aromatic heterocycles. The second-order valence-corrected chi connectivity index (χ2v) is 6.03. The number of hydrogen-bond donors (Lipinski definition) is 3. The van der Waals surface area contributed by atoms with Gasteiger partial charge in [0.15, 0.2) is 0 Å². The van der Waals surface area contributed by atoms with E-state index in [1.165, 1.54) is 6.20 Å². The second-order valence-electron chi connectivity index (χ2n) is 4.34. The summed E-state index contributed by atoms with van der Waals surface area (Å²) in [5.41, 5.74) is 0.504. The molecular formula is C10H19N3O3S. The topological polar surface area (TPSA) is 95.1 Å². The maximum Gasteiger partial charge on any atom is 0.244 e. The summed E-state index contributed by atoms with van der Waals surface area (Å²) in [6, 6.07) is -0.278. The smallest absolute Gasteiger partial charge is 0.244 e. The number of aliphatic hydroxyl groups excluding tert-OH is 1. The number of nitrogens with zero attached hydrogens (tertiary/aromatic N) is 1. The Morgan fingerprint density at radius 1 is 1.53 bits per heavy atom. The van der Waals surface area contributed by atoms with E-state index in [2.05, 4.69) is 14.9 Å². The summed E-state index contributed by atoms with van der Waals surface area (Å²) in [6.45, 7) is 5.42. The molecule has 0 saturated carbocycles. The Kier molecular flexibility index (Phi) is 4.67. The van der Waals surface area contributed by atoms with E-state index in [4.69, 9.17) is 5.11 Å². The molecule has 1 atom stereocenters. The fourth-order valence-corrected chi connectivity index (χ4v) is 3.10. The molecule has 0 fully saturated rings. The molecule has 0 spiro atoms. The Morgan fingerprint density at radius 3 is 2.59 bits per heavy atom. The van der Waals surface area contributed by atoms with Crippen LogP contribution in [0.3, 0.4) is 0 Å². The molecule has 3 N–H and O–H groups in total. The number of sulfonamides is 1. The second kappa shape index (κ2) is 5.61. The van der Waals surface area contributed by atoms with Gasteiger partial charge < -0.3 is 5.11 Å². The first-order valence-corrected chi connectivity index (χ1v) is 7.00. The van der Waals surface area contributed by atoms with Gasteiger partial charge >= 0.3 is 0 Å². The Labute approximate surface area is 101 Å². The summed E-state index contributed by atoms with van der Waals surface area (Å²) in [4.78, 5) is 0.154. The highest BCUT2D eigenvalue weighted by atomic mass is 32.2. The molecular weight excluding hydrogens is 242 g/mol. The molecule has 0 saturated heterocycles. The van der Waals surface area contributed by atoms with E-state index in [-0.39, 0.29) is 23.5 Å². The van der Waals surface area contributed by atoms with Gasteiger partial charge in [-0.25, -0.2) is 13.1 Å². The quantitative estimate of drug-likeness (QED) is 0.691. The molecule has 98 valence electrons. The average molecular weight is 261 g/mol. The summed E-state index contributed by atoms with van der Waals surface area (Å²) in [5.74, 6) is 0.115. The molecule has 0 radical (unpaired) electrons. The monoisotopic (exact) mass is 261 g/mol. The van der Waals surface area contributed by atoms with Crippen LogP contribution in [0.15, 0.2) is 11.1 Å². The van der Waals surface area contributed by atoms with Crippen molar-refractivity contribution in [2.75, 3.05) is 6.61 Å². The minimum atomic E-state index is -3.57. The molecule has 17 heavy (non-hydrogen) atoms. The highest BCUT2D eigenvalue weighted by Gasteiger charge is 2.24. The predicted molar refractivity (Wildman–Crippen MR) is 64.0 cm³/mol. The van der Waals surface area contributed by atoms with Gasteiger partial charge in [0, 0.05) is 12.6 Å². The Morgan fingerprint density at radius 2 is 2.18 bits per heavy atom. The molecule has 0 aliphatic rings. The lowest BCUT2D eigenvalue weighted by Crippen LogP contribution is -2.39. The molecule has 1 aromatic rings. The van der Waals surface area contributed by atoms with Gasteiger partial charge in [-0.1, -0.05) is 13.8 Å². The number of rotatable bonds is 6. The van der Waals surface area contributed by atoms with Crippen molar-refractivity contribution in [3.8, 4) is 0 Å². The van der Waals surface area contributed by atoms with Gasteiger partial charge in [0.2, 0.25) is 10.0 Å². The SMILES string of the molecule is Cc1[nH]ncc1S(=O)(=O)NC(CCO)C(C)C. The van der Waals surface area contributed by atoms with Crippen LogP contribution in [0, 0.1) is 12.8 Å². The van der Waals surface area contributed by atoms with E-state index in [9.17, 15) is 8.42 Å². The average Bonchev–Trinajstić information content (AvgIpc) is 2.64. The van der Waals surface area contributed by atoms with Crippen LogP contribution in [0.1, 0.15) is 26.0 Å². The maximum atomic E-state index is 12.1. The number of aromatic amines is 1. The van der Waals surface area contributed by atoms with E-state index in [1.54, 1.807) is 6.92 Å².